The number of amides is 3. The second-order valence-electron chi connectivity index (χ2n) is 8.61. The summed E-state index contributed by atoms with van der Waals surface area (Å²) in [7, 11) is 0. The van der Waals surface area contributed by atoms with Crippen LogP contribution in [-0.2, 0) is 19.2 Å². The molecule has 10 nitrogen and oxygen atoms in total. The molecule has 0 radical (unpaired) electrons. The predicted octanol–water partition coefficient (Wildman–Crippen LogP) is 1.14. The van der Waals surface area contributed by atoms with Crippen molar-refractivity contribution in [3.05, 3.63) is 42.2 Å². The van der Waals surface area contributed by atoms with E-state index < -0.39 is 48.2 Å². The summed E-state index contributed by atoms with van der Waals surface area (Å²) in [4.78, 5) is 66.9. The molecule has 2 heterocycles. The van der Waals surface area contributed by atoms with E-state index >= 15 is 0 Å². The topological polar surface area (TPSA) is 146 Å². The minimum Gasteiger partial charge on any atom is -0.481 e. The van der Waals surface area contributed by atoms with Crippen molar-refractivity contribution in [3.63, 3.8) is 0 Å². The molecule has 1 aliphatic rings. The normalized spacial score (nSPS) is 17.3. The Hall–Kier alpha value is -3.82. The maximum absolute atomic E-state index is 13.4. The standard InChI is InChI=1S/C24H28N4O6/c1-14(2)20(27-23(33)21-17-7-4-3-6-15(17)9-10-25-21)24(34)28-11-5-8-18(28)22(32)26-16(13-29)12-19(30)31/h3-4,6-7,9-10,13-14,16,18,20H,5,8,11-12H2,1-2H3,(H,26,32)(H,27,33)(H,30,31)/t16-,18?,20-/m0/s1. The number of aromatic nitrogens is 1. The van der Waals surface area contributed by atoms with Gasteiger partial charge in [0.25, 0.3) is 5.91 Å². The Morgan fingerprint density at radius 1 is 1.18 bits per heavy atom. The van der Waals surface area contributed by atoms with Crippen LogP contribution in [0.1, 0.15) is 43.6 Å². The van der Waals surface area contributed by atoms with Crippen LogP contribution in [-0.4, -0.2) is 69.6 Å². The highest BCUT2D eigenvalue weighted by Crippen LogP contribution is 2.22. The van der Waals surface area contributed by atoms with Gasteiger partial charge in [-0.3, -0.25) is 24.2 Å². The van der Waals surface area contributed by atoms with Crippen molar-refractivity contribution < 1.29 is 29.1 Å². The summed E-state index contributed by atoms with van der Waals surface area (Å²) < 4.78 is 0. The van der Waals surface area contributed by atoms with Gasteiger partial charge in [0.05, 0.1) is 12.5 Å². The van der Waals surface area contributed by atoms with Gasteiger partial charge in [-0.25, -0.2) is 0 Å². The highest BCUT2D eigenvalue weighted by Gasteiger charge is 2.39. The molecule has 2 aromatic rings. The lowest BCUT2D eigenvalue weighted by atomic mass is 10.0. The Morgan fingerprint density at radius 2 is 1.91 bits per heavy atom. The number of benzene rings is 1. The van der Waals surface area contributed by atoms with Crippen LogP contribution >= 0.6 is 0 Å². The summed E-state index contributed by atoms with van der Waals surface area (Å²) in [6, 6.07) is 6.17. The Bertz CT molecular complexity index is 1100. The van der Waals surface area contributed by atoms with E-state index in [0.717, 1.165) is 5.39 Å². The first-order chi connectivity index (χ1) is 16.2. The van der Waals surface area contributed by atoms with E-state index in [1.165, 1.54) is 11.1 Å². The molecule has 1 saturated heterocycles. The number of carbonyl (C=O) groups is 5. The zero-order valence-corrected chi connectivity index (χ0v) is 19.1. The summed E-state index contributed by atoms with van der Waals surface area (Å²) in [5.41, 5.74) is 0.203. The van der Waals surface area contributed by atoms with Crippen molar-refractivity contribution in [2.75, 3.05) is 6.54 Å². The number of nitrogens with zero attached hydrogens (tertiary/aromatic N) is 2. The second kappa shape index (κ2) is 10.9. The molecule has 180 valence electrons. The minimum absolute atomic E-state index is 0.203. The zero-order chi connectivity index (χ0) is 24.8. The average molecular weight is 469 g/mol. The quantitative estimate of drug-likeness (QED) is 0.468. The number of rotatable bonds is 9. The van der Waals surface area contributed by atoms with Gasteiger partial charge in [0.1, 0.15) is 24.1 Å². The molecule has 1 fully saturated rings. The first-order valence-corrected chi connectivity index (χ1v) is 11.2. The van der Waals surface area contributed by atoms with Gasteiger partial charge in [-0.05, 0) is 30.2 Å². The summed E-state index contributed by atoms with van der Waals surface area (Å²) in [5.74, 6) is -2.99. The van der Waals surface area contributed by atoms with E-state index in [1.807, 2.05) is 12.1 Å². The number of hydrogen-bond donors (Lipinski definition) is 3. The van der Waals surface area contributed by atoms with Crippen LogP contribution in [0.15, 0.2) is 36.5 Å². The van der Waals surface area contributed by atoms with E-state index in [9.17, 15) is 24.0 Å². The lowest BCUT2D eigenvalue weighted by molar-refractivity contribution is -0.142. The molecular formula is C24H28N4O6. The average Bonchev–Trinajstić information content (AvgIpc) is 3.30. The molecule has 0 spiro atoms. The summed E-state index contributed by atoms with van der Waals surface area (Å²) >= 11 is 0. The van der Waals surface area contributed by atoms with Crippen molar-refractivity contribution in [1.82, 2.24) is 20.5 Å². The fourth-order valence-electron chi connectivity index (χ4n) is 4.11. The first-order valence-electron chi connectivity index (χ1n) is 11.2. The van der Waals surface area contributed by atoms with Crippen molar-refractivity contribution >= 4 is 40.7 Å². The highest BCUT2D eigenvalue weighted by molar-refractivity contribution is 6.06. The third kappa shape index (κ3) is 5.56. The molecular weight excluding hydrogens is 440 g/mol. The lowest BCUT2D eigenvalue weighted by Crippen LogP contribution is -2.56. The molecule has 1 aromatic heterocycles. The molecule has 0 aliphatic carbocycles. The number of likely N-dealkylation sites (tertiary alicyclic amines) is 1. The number of aldehydes is 1. The number of fused-ring (bicyclic) bond motifs is 1. The van der Waals surface area contributed by atoms with E-state index in [0.29, 0.717) is 31.1 Å². The third-order valence-corrected chi connectivity index (χ3v) is 5.83. The Labute approximate surface area is 196 Å². The largest absolute Gasteiger partial charge is 0.481 e. The lowest BCUT2D eigenvalue weighted by Gasteiger charge is -2.31. The molecule has 1 aliphatic heterocycles. The van der Waals surface area contributed by atoms with Crippen LogP contribution in [0.5, 0.6) is 0 Å². The summed E-state index contributed by atoms with van der Waals surface area (Å²) in [5, 5.41) is 15.6. The molecule has 1 aromatic carbocycles. The van der Waals surface area contributed by atoms with Gasteiger partial charge in [0.2, 0.25) is 11.8 Å². The van der Waals surface area contributed by atoms with Crippen molar-refractivity contribution in [3.8, 4) is 0 Å². The van der Waals surface area contributed by atoms with E-state index in [4.69, 9.17) is 5.11 Å². The Kier molecular flexibility index (Phi) is 7.93. The van der Waals surface area contributed by atoms with Gasteiger partial charge >= 0.3 is 5.97 Å². The SMILES string of the molecule is CC(C)[C@H](NC(=O)c1nccc2ccccc12)C(=O)N1CCCC1C(=O)N[C@H](C=O)CC(=O)O. The van der Waals surface area contributed by atoms with Crippen LogP contribution in [0.3, 0.4) is 0 Å². The number of carboxylic acid groups (broad SMARTS) is 1. The Balaban J connectivity index is 1.76. The van der Waals surface area contributed by atoms with E-state index in [1.54, 1.807) is 32.0 Å². The zero-order valence-electron chi connectivity index (χ0n) is 19.1. The number of nitrogens with one attached hydrogen (secondary N) is 2. The van der Waals surface area contributed by atoms with Crippen LogP contribution in [0.4, 0.5) is 0 Å². The van der Waals surface area contributed by atoms with Crippen LogP contribution < -0.4 is 10.6 Å². The van der Waals surface area contributed by atoms with Crippen LogP contribution in [0, 0.1) is 5.92 Å². The fourth-order valence-corrected chi connectivity index (χ4v) is 4.11. The van der Waals surface area contributed by atoms with Gasteiger partial charge in [-0.2, -0.15) is 0 Å². The highest BCUT2D eigenvalue weighted by atomic mass is 16.4. The van der Waals surface area contributed by atoms with Crippen molar-refractivity contribution in [2.45, 2.75) is 51.2 Å². The second-order valence-corrected chi connectivity index (χ2v) is 8.61. The number of hydrogen-bond acceptors (Lipinski definition) is 6. The van der Waals surface area contributed by atoms with Gasteiger partial charge in [-0.1, -0.05) is 38.1 Å². The molecule has 3 rings (SSSR count). The van der Waals surface area contributed by atoms with Gasteiger partial charge < -0.3 is 25.4 Å². The molecule has 34 heavy (non-hydrogen) atoms. The smallest absolute Gasteiger partial charge is 0.305 e. The third-order valence-electron chi connectivity index (χ3n) is 5.83. The minimum atomic E-state index is -1.22. The van der Waals surface area contributed by atoms with E-state index in [2.05, 4.69) is 15.6 Å². The maximum Gasteiger partial charge on any atom is 0.305 e. The summed E-state index contributed by atoms with van der Waals surface area (Å²) in [6.07, 6.45) is 2.29. The first kappa shape index (κ1) is 24.8. The molecule has 3 amide bonds. The number of pyridine rings is 1. The van der Waals surface area contributed by atoms with Gasteiger partial charge in [0.15, 0.2) is 0 Å². The monoisotopic (exact) mass is 468 g/mol. The van der Waals surface area contributed by atoms with Crippen molar-refractivity contribution in [2.24, 2.45) is 5.92 Å². The Morgan fingerprint density at radius 3 is 2.59 bits per heavy atom. The number of aliphatic carboxylic acids is 1. The van der Waals surface area contributed by atoms with E-state index in [-0.39, 0.29) is 11.6 Å². The molecule has 10 heteroatoms. The molecule has 0 bridgehead atoms. The predicted molar refractivity (Wildman–Crippen MR) is 123 cm³/mol. The van der Waals surface area contributed by atoms with Gasteiger partial charge in [0, 0.05) is 18.1 Å². The molecule has 3 N–H and O–H groups in total. The van der Waals surface area contributed by atoms with Crippen molar-refractivity contribution in [1.29, 1.82) is 0 Å². The maximum atomic E-state index is 13.4. The number of carbonyl (C=O) groups excluding carboxylic acids is 4. The fraction of sp³-hybridized carbons (Fsp3) is 0.417. The molecule has 3 atom stereocenters. The number of carboxylic acids is 1. The summed E-state index contributed by atoms with van der Waals surface area (Å²) in [6.45, 7) is 3.90. The molecule has 1 unspecified atom stereocenters. The molecule has 0 saturated carbocycles. The van der Waals surface area contributed by atoms with Crippen LogP contribution in [0.25, 0.3) is 10.8 Å². The van der Waals surface area contributed by atoms with Gasteiger partial charge in [-0.15, -0.1) is 0 Å². The van der Waals surface area contributed by atoms with Crippen LogP contribution in [0.2, 0.25) is 0 Å².